The maximum Gasteiger partial charge on any atom is 0.186 e. The fourth-order valence-electron chi connectivity index (χ4n) is 2.75. The predicted octanol–water partition coefficient (Wildman–Crippen LogP) is 3.04. The van der Waals surface area contributed by atoms with Gasteiger partial charge in [0.15, 0.2) is 5.13 Å². The summed E-state index contributed by atoms with van der Waals surface area (Å²) in [6, 6.07) is 1.96. The van der Waals surface area contributed by atoms with Crippen molar-refractivity contribution < 1.29 is 15.3 Å². The first-order chi connectivity index (χ1) is 10.9. The second-order valence-electron chi connectivity index (χ2n) is 6.32. The van der Waals surface area contributed by atoms with Crippen LogP contribution in [0.25, 0.3) is 10.2 Å². The Labute approximate surface area is 141 Å². The van der Waals surface area contributed by atoms with Gasteiger partial charge in [0.25, 0.3) is 0 Å². The molecule has 0 aliphatic rings. The normalized spacial score (nSPS) is 11.8. The van der Waals surface area contributed by atoms with Crippen LogP contribution in [0.5, 0.6) is 5.75 Å². The molecule has 2 aromatic rings. The monoisotopic (exact) mass is 338 g/mol. The standard InChI is InChI=1S/C17H26N2O3S/c1-10(2)12-9-13-16(14(11(3)4)15(12)22)23-17(18-13)19(5-7-20)6-8-21/h9-11,20-22H,5-8H2,1-4H3. The Hall–Kier alpha value is -1.37. The van der Waals surface area contributed by atoms with Crippen LogP contribution in [0.3, 0.4) is 0 Å². The van der Waals surface area contributed by atoms with E-state index in [-0.39, 0.29) is 25.0 Å². The zero-order valence-electron chi connectivity index (χ0n) is 14.2. The quantitative estimate of drug-likeness (QED) is 0.723. The summed E-state index contributed by atoms with van der Waals surface area (Å²) in [5, 5.41) is 29.9. The van der Waals surface area contributed by atoms with Gasteiger partial charge in [0.1, 0.15) is 5.75 Å². The summed E-state index contributed by atoms with van der Waals surface area (Å²) < 4.78 is 0.984. The molecular formula is C17H26N2O3S. The van der Waals surface area contributed by atoms with Crippen molar-refractivity contribution in [2.45, 2.75) is 39.5 Å². The number of aromatic nitrogens is 1. The van der Waals surface area contributed by atoms with Gasteiger partial charge in [0.2, 0.25) is 0 Å². The van der Waals surface area contributed by atoms with Crippen molar-refractivity contribution in [3.63, 3.8) is 0 Å². The molecule has 1 heterocycles. The number of phenols is 1. The molecule has 1 aromatic heterocycles. The number of aliphatic hydroxyl groups excluding tert-OH is 2. The molecule has 1 aromatic carbocycles. The first kappa shape index (κ1) is 18.0. The molecule has 2 rings (SSSR count). The minimum absolute atomic E-state index is 0.00938. The third-order valence-electron chi connectivity index (χ3n) is 3.92. The number of fused-ring (bicyclic) bond motifs is 1. The molecule has 0 saturated carbocycles. The van der Waals surface area contributed by atoms with E-state index in [0.717, 1.165) is 26.5 Å². The van der Waals surface area contributed by atoms with Gasteiger partial charge in [-0.2, -0.15) is 0 Å². The number of benzene rings is 1. The summed E-state index contributed by atoms with van der Waals surface area (Å²) >= 11 is 1.51. The summed E-state index contributed by atoms with van der Waals surface area (Å²) in [6.07, 6.45) is 0. The lowest BCUT2D eigenvalue weighted by Crippen LogP contribution is -2.29. The van der Waals surface area contributed by atoms with Gasteiger partial charge >= 0.3 is 0 Å². The van der Waals surface area contributed by atoms with E-state index in [1.54, 1.807) is 0 Å². The fraction of sp³-hybridized carbons (Fsp3) is 0.588. The number of hydrogen-bond acceptors (Lipinski definition) is 6. The van der Waals surface area contributed by atoms with E-state index in [2.05, 4.69) is 32.7 Å². The highest BCUT2D eigenvalue weighted by Crippen LogP contribution is 2.43. The topological polar surface area (TPSA) is 76.8 Å². The van der Waals surface area contributed by atoms with Crippen LogP contribution in [0.15, 0.2) is 6.07 Å². The van der Waals surface area contributed by atoms with E-state index in [9.17, 15) is 15.3 Å². The Morgan fingerprint density at radius 3 is 2.17 bits per heavy atom. The third-order valence-corrected chi connectivity index (χ3v) is 5.08. The van der Waals surface area contributed by atoms with Crippen LogP contribution in [0.4, 0.5) is 5.13 Å². The smallest absolute Gasteiger partial charge is 0.186 e. The predicted molar refractivity (Wildman–Crippen MR) is 95.8 cm³/mol. The Bertz CT molecular complexity index is 661. The van der Waals surface area contributed by atoms with Crippen LogP contribution in [-0.4, -0.2) is 46.6 Å². The van der Waals surface area contributed by atoms with Crippen molar-refractivity contribution in [1.29, 1.82) is 0 Å². The highest BCUT2D eigenvalue weighted by atomic mass is 32.1. The molecule has 0 spiro atoms. The van der Waals surface area contributed by atoms with Crippen LogP contribution in [0, 0.1) is 0 Å². The number of nitrogens with zero attached hydrogens (tertiary/aromatic N) is 2. The lowest BCUT2D eigenvalue weighted by molar-refractivity contribution is 0.281. The molecule has 3 N–H and O–H groups in total. The highest BCUT2D eigenvalue weighted by Gasteiger charge is 2.21. The van der Waals surface area contributed by atoms with Crippen molar-refractivity contribution in [3.05, 3.63) is 17.2 Å². The minimum Gasteiger partial charge on any atom is -0.507 e. The molecule has 23 heavy (non-hydrogen) atoms. The van der Waals surface area contributed by atoms with Gasteiger partial charge < -0.3 is 20.2 Å². The molecule has 0 unspecified atom stereocenters. The molecule has 0 aliphatic heterocycles. The van der Waals surface area contributed by atoms with E-state index in [4.69, 9.17) is 0 Å². The number of aliphatic hydroxyl groups is 2. The Kier molecular flexibility index (Phi) is 5.84. The zero-order chi connectivity index (χ0) is 17.1. The van der Waals surface area contributed by atoms with E-state index in [1.807, 2.05) is 11.0 Å². The van der Waals surface area contributed by atoms with Gasteiger partial charge in [-0.1, -0.05) is 39.0 Å². The third kappa shape index (κ3) is 3.59. The second-order valence-corrected chi connectivity index (χ2v) is 7.29. The average Bonchev–Trinajstić information content (AvgIpc) is 2.88. The van der Waals surface area contributed by atoms with Crippen LogP contribution in [-0.2, 0) is 0 Å². The second kappa shape index (κ2) is 7.47. The van der Waals surface area contributed by atoms with Crippen molar-refractivity contribution >= 4 is 26.7 Å². The molecule has 6 heteroatoms. The molecule has 5 nitrogen and oxygen atoms in total. The van der Waals surface area contributed by atoms with Crippen molar-refractivity contribution in [2.75, 3.05) is 31.2 Å². The van der Waals surface area contributed by atoms with Gasteiger partial charge in [0.05, 0.1) is 23.4 Å². The lowest BCUT2D eigenvalue weighted by atomic mass is 9.93. The fourth-order valence-corrected chi connectivity index (χ4v) is 4.03. The lowest BCUT2D eigenvalue weighted by Gasteiger charge is -2.18. The van der Waals surface area contributed by atoms with Crippen molar-refractivity contribution in [1.82, 2.24) is 4.98 Å². The molecule has 0 radical (unpaired) electrons. The van der Waals surface area contributed by atoms with E-state index in [0.29, 0.717) is 18.8 Å². The zero-order valence-corrected chi connectivity index (χ0v) is 15.0. The molecular weight excluding hydrogens is 312 g/mol. The molecule has 128 valence electrons. The first-order valence-corrected chi connectivity index (χ1v) is 8.85. The maximum atomic E-state index is 10.7. The number of rotatable bonds is 7. The van der Waals surface area contributed by atoms with Crippen LogP contribution < -0.4 is 4.90 Å². The summed E-state index contributed by atoms with van der Waals surface area (Å²) in [4.78, 5) is 6.56. The number of hydrogen-bond donors (Lipinski definition) is 3. The Balaban J connectivity index is 2.63. The molecule has 0 atom stereocenters. The minimum atomic E-state index is 0.00938. The molecule has 0 amide bonds. The van der Waals surface area contributed by atoms with Crippen molar-refractivity contribution in [3.8, 4) is 5.75 Å². The Morgan fingerprint density at radius 2 is 1.70 bits per heavy atom. The highest BCUT2D eigenvalue weighted by molar-refractivity contribution is 7.22. The summed E-state index contributed by atoms with van der Waals surface area (Å²) in [5.41, 5.74) is 2.72. The van der Waals surface area contributed by atoms with Crippen LogP contribution in [0.2, 0.25) is 0 Å². The summed E-state index contributed by atoms with van der Waals surface area (Å²) in [7, 11) is 0. The largest absolute Gasteiger partial charge is 0.507 e. The van der Waals surface area contributed by atoms with Crippen molar-refractivity contribution in [2.24, 2.45) is 0 Å². The molecule has 0 fully saturated rings. The van der Waals surface area contributed by atoms with Gasteiger partial charge in [-0.05, 0) is 23.5 Å². The summed E-state index contributed by atoms with van der Waals surface area (Å²) in [5.74, 6) is 0.773. The van der Waals surface area contributed by atoms with Gasteiger partial charge in [-0.15, -0.1) is 0 Å². The SMILES string of the molecule is CC(C)c1cc2nc(N(CCO)CCO)sc2c(C(C)C)c1O. The average molecular weight is 338 g/mol. The number of anilines is 1. The molecule has 0 bridgehead atoms. The van der Waals surface area contributed by atoms with E-state index < -0.39 is 0 Å². The van der Waals surface area contributed by atoms with Gasteiger partial charge in [0, 0.05) is 18.7 Å². The van der Waals surface area contributed by atoms with E-state index >= 15 is 0 Å². The number of phenolic OH excluding ortho intramolecular Hbond substituents is 1. The molecule has 0 aliphatic carbocycles. The summed E-state index contributed by atoms with van der Waals surface area (Å²) in [6.45, 7) is 9.13. The van der Waals surface area contributed by atoms with Crippen LogP contribution >= 0.6 is 11.3 Å². The first-order valence-electron chi connectivity index (χ1n) is 8.03. The number of thiazole rings is 1. The van der Waals surface area contributed by atoms with Gasteiger partial charge in [-0.3, -0.25) is 0 Å². The number of aromatic hydroxyl groups is 1. The van der Waals surface area contributed by atoms with Crippen LogP contribution in [0.1, 0.15) is 50.7 Å². The van der Waals surface area contributed by atoms with E-state index in [1.165, 1.54) is 11.3 Å². The maximum absolute atomic E-state index is 10.7. The molecule has 0 saturated heterocycles. The van der Waals surface area contributed by atoms with Gasteiger partial charge in [-0.25, -0.2) is 4.98 Å². The Morgan fingerprint density at radius 1 is 1.09 bits per heavy atom.